The standard InChI is InChI=1S/C19H24O3/c1-4-5-6-8-15-9-7-10-17-16(15)12-11-14(2)19(17)22-13-18(20)21-3/h7,9-12H,4-6,8,13H2,1-3H3. The maximum atomic E-state index is 11.3. The highest BCUT2D eigenvalue weighted by Crippen LogP contribution is 2.32. The smallest absolute Gasteiger partial charge is 0.343 e. The van der Waals surface area contributed by atoms with Gasteiger partial charge in [-0.15, -0.1) is 0 Å². The first-order valence-electron chi connectivity index (χ1n) is 7.88. The summed E-state index contributed by atoms with van der Waals surface area (Å²) in [5.74, 6) is 0.413. The van der Waals surface area contributed by atoms with Gasteiger partial charge in [0.25, 0.3) is 0 Å². The van der Waals surface area contributed by atoms with Crippen LogP contribution in [-0.4, -0.2) is 19.7 Å². The molecule has 3 nitrogen and oxygen atoms in total. The summed E-state index contributed by atoms with van der Waals surface area (Å²) in [6, 6.07) is 10.5. The van der Waals surface area contributed by atoms with Crippen molar-refractivity contribution in [3.8, 4) is 5.75 Å². The van der Waals surface area contributed by atoms with Gasteiger partial charge in [-0.3, -0.25) is 0 Å². The van der Waals surface area contributed by atoms with Crippen LogP contribution >= 0.6 is 0 Å². The molecule has 0 bridgehead atoms. The van der Waals surface area contributed by atoms with E-state index in [1.165, 1.54) is 37.3 Å². The molecule has 0 aliphatic heterocycles. The second kappa shape index (κ2) is 7.83. The highest BCUT2D eigenvalue weighted by Gasteiger charge is 2.11. The largest absolute Gasteiger partial charge is 0.481 e. The van der Waals surface area contributed by atoms with E-state index in [0.29, 0.717) is 0 Å². The second-order valence-electron chi connectivity index (χ2n) is 5.55. The Morgan fingerprint density at radius 2 is 1.91 bits per heavy atom. The summed E-state index contributed by atoms with van der Waals surface area (Å²) in [7, 11) is 1.37. The molecule has 2 aromatic carbocycles. The molecule has 0 spiro atoms. The lowest BCUT2D eigenvalue weighted by Crippen LogP contribution is -2.13. The third-order valence-electron chi connectivity index (χ3n) is 3.91. The number of aryl methyl sites for hydroxylation is 2. The zero-order chi connectivity index (χ0) is 15.9. The molecule has 0 fully saturated rings. The van der Waals surface area contributed by atoms with Crippen molar-refractivity contribution in [1.82, 2.24) is 0 Å². The van der Waals surface area contributed by atoms with Crippen LogP contribution in [0.2, 0.25) is 0 Å². The fourth-order valence-corrected chi connectivity index (χ4v) is 2.67. The number of carbonyl (C=O) groups excluding carboxylic acids is 1. The third-order valence-corrected chi connectivity index (χ3v) is 3.91. The third kappa shape index (κ3) is 3.79. The van der Waals surface area contributed by atoms with Crippen LogP contribution in [0.1, 0.15) is 37.3 Å². The Balaban J connectivity index is 2.33. The van der Waals surface area contributed by atoms with Crippen LogP contribution in [0.25, 0.3) is 10.8 Å². The minimum Gasteiger partial charge on any atom is -0.481 e. The molecule has 0 radical (unpaired) electrons. The molecule has 2 rings (SSSR count). The van der Waals surface area contributed by atoms with Crippen molar-refractivity contribution in [1.29, 1.82) is 0 Å². The van der Waals surface area contributed by atoms with Crippen molar-refractivity contribution in [2.75, 3.05) is 13.7 Å². The van der Waals surface area contributed by atoms with Gasteiger partial charge in [0.15, 0.2) is 6.61 Å². The van der Waals surface area contributed by atoms with E-state index in [1.807, 2.05) is 6.92 Å². The monoisotopic (exact) mass is 300 g/mol. The summed E-state index contributed by atoms with van der Waals surface area (Å²) < 4.78 is 10.4. The lowest BCUT2D eigenvalue weighted by Gasteiger charge is -2.14. The molecular formula is C19H24O3. The van der Waals surface area contributed by atoms with Gasteiger partial charge in [0, 0.05) is 5.39 Å². The number of rotatable bonds is 7. The quantitative estimate of drug-likeness (QED) is 0.560. The van der Waals surface area contributed by atoms with Gasteiger partial charge in [0.1, 0.15) is 5.75 Å². The Morgan fingerprint density at radius 3 is 2.64 bits per heavy atom. The number of ether oxygens (including phenoxy) is 2. The van der Waals surface area contributed by atoms with Gasteiger partial charge in [0.05, 0.1) is 7.11 Å². The maximum absolute atomic E-state index is 11.3. The molecule has 0 heterocycles. The lowest BCUT2D eigenvalue weighted by molar-refractivity contribution is -0.142. The van der Waals surface area contributed by atoms with Crippen molar-refractivity contribution in [3.05, 3.63) is 41.5 Å². The van der Waals surface area contributed by atoms with E-state index < -0.39 is 0 Å². The lowest BCUT2D eigenvalue weighted by atomic mass is 9.97. The predicted octanol–water partition coefficient (Wildman–Crippen LogP) is 4.43. The zero-order valence-corrected chi connectivity index (χ0v) is 13.6. The van der Waals surface area contributed by atoms with E-state index >= 15 is 0 Å². The number of carbonyl (C=O) groups is 1. The van der Waals surface area contributed by atoms with E-state index in [1.54, 1.807) is 0 Å². The normalized spacial score (nSPS) is 10.7. The first-order chi connectivity index (χ1) is 10.7. The second-order valence-corrected chi connectivity index (χ2v) is 5.55. The summed E-state index contributed by atoms with van der Waals surface area (Å²) in [5.41, 5.74) is 2.37. The van der Waals surface area contributed by atoms with Crippen LogP contribution < -0.4 is 4.74 Å². The number of methoxy groups -OCH3 is 1. The molecule has 2 aromatic rings. The Morgan fingerprint density at radius 1 is 1.09 bits per heavy atom. The summed E-state index contributed by atoms with van der Waals surface area (Å²) in [6.07, 6.45) is 4.73. The van der Waals surface area contributed by atoms with Gasteiger partial charge in [-0.1, -0.05) is 50.1 Å². The van der Waals surface area contributed by atoms with Crippen molar-refractivity contribution in [3.63, 3.8) is 0 Å². The Hall–Kier alpha value is -2.03. The first-order valence-corrected chi connectivity index (χ1v) is 7.88. The molecule has 0 unspecified atom stereocenters. The SMILES string of the molecule is CCCCCc1cccc2c(OCC(=O)OC)c(C)ccc12. The number of esters is 1. The van der Waals surface area contributed by atoms with Crippen molar-refractivity contribution >= 4 is 16.7 Å². The van der Waals surface area contributed by atoms with E-state index in [9.17, 15) is 4.79 Å². The zero-order valence-electron chi connectivity index (χ0n) is 13.6. The minimum absolute atomic E-state index is 0.0590. The molecule has 0 atom stereocenters. The maximum Gasteiger partial charge on any atom is 0.343 e. The topological polar surface area (TPSA) is 35.5 Å². The summed E-state index contributed by atoms with van der Waals surface area (Å²) in [4.78, 5) is 11.3. The minimum atomic E-state index is -0.365. The summed E-state index contributed by atoms with van der Waals surface area (Å²) in [5, 5.41) is 2.28. The van der Waals surface area contributed by atoms with Crippen molar-refractivity contribution in [2.24, 2.45) is 0 Å². The average molecular weight is 300 g/mol. The summed E-state index contributed by atoms with van der Waals surface area (Å²) in [6.45, 7) is 4.15. The van der Waals surface area contributed by atoms with E-state index in [-0.39, 0.29) is 12.6 Å². The predicted molar refractivity (Wildman–Crippen MR) is 89.4 cm³/mol. The number of fused-ring (bicyclic) bond motifs is 1. The highest BCUT2D eigenvalue weighted by molar-refractivity contribution is 5.92. The molecule has 0 aromatic heterocycles. The van der Waals surface area contributed by atoms with Crippen molar-refractivity contribution < 1.29 is 14.3 Å². The summed E-state index contributed by atoms with van der Waals surface area (Å²) >= 11 is 0. The average Bonchev–Trinajstić information content (AvgIpc) is 2.53. The van der Waals surface area contributed by atoms with Crippen LogP contribution in [-0.2, 0) is 16.0 Å². The van der Waals surface area contributed by atoms with Crippen LogP contribution in [0.5, 0.6) is 5.75 Å². The van der Waals surface area contributed by atoms with Gasteiger partial charge in [-0.2, -0.15) is 0 Å². The molecule has 0 saturated heterocycles. The van der Waals surface area contributed by atoms with Crippen LogP contribution in [0.15, 0.2) is 30.3 Å². The fraction of sp³-hybridized carbons (Fsp3) is 0.421. The highest BCUT2D eigenvalue weighted by atomic mass is 16.6. The Kier molecular flexibility index (Phi) is 5.82. The molecule has 0 saturated carbocycles. The van der Waals surface area contributed by atoms with Crippen LogP contribution in [0.4, 0.5) is 0 Å². The van der Waals surface area contributed by atoms with E-state index in [4.69, 9.17) is 4.74 Å². The van der Waals surface area contributed by atoms with Gasteiger partial charge >= 0.3 is 5.97 Å². The molecule has 118 valence electrons. The number of benzene rings is 2. The fourth-order valence-electron chi connectivity index (χ4n) is 2.67. The van der Waals surface area contributed by atoms with E-state index in [2.05, 4.69) is 42.0 Å². The van der Waals surface area contributed by atoms with Gasteiger partial charge in [0.2, 0.25) is 0 Å². The molecule has 22 heavy (non-hydrogen) atoms. The number of hydrogen-bond acceptors (Lipinski definition) is 3. The molecule has 3 heteroatoms. The van der Waals surface area contributed by atoms with E-state index in [0.717, 1.165) is 23.1 Å². The molecule has 0 aliphatic rings. The van der Waals surface area contributed by atoms with Crippen LogP contribution in [0.3, 0.4) is 0 Å². The number of unbranched alkanes of at least 4 members (excludes halogenated alkanes) is 2. The molecule has 0 N–H and O–H groups in total. The Bertz CT molecular complexity index is 646. The molecule has 0 amide bonds. The van der Waals surface area contributed by atoms with Crippen molar-refractivity contribution in [2.45, 2.75) is 39.5 Å². The van der Waals surface area contributed by atoms with Gasteiger partial charge in [-0.25, -0.2) is 4.79 Å². The van der Waals surface area contributed by atoms with Crippen LogP contribution in [0, 0.1) is 6.92 Å². The van der Waals surface area contributed by atoms with Gasteiger partial charge in [-0.05, 0) is 36.3 Å². The Labute approximate surface area is 132 Å². The molecule has 0 aliphatic carbocycles. The number of hydrogen-bond donors (Lipinski definition) is 0. The molecular weight excluding hydrogens is 276 g/mol. The first kappa shape index (κ1) is 16.3. The van der Waals surface area contributed by atoms with Gasteiger partial charge < -0.3 is 9.47 Å².